The van der Waals surface area contributed by atoms with Crippen molar-refractivity contribution in [3.63, 3.8) is 0 Å². The molecule has 1 aliphatic rings. The maximum absolute atomic E-state index is 11.9. The number of carbonyl (C=O) groups excluding carboxylic acids is 1. The van der Waals surface area contributed by atoms with E-state index in [1.54, 1.807) is 6.92 Å². The number of rotatable bonds is 4. The molecule has 0 amide bonds. The lowest BCUT2D eigenvalue weighted by Gasteiger charge is -2.25. The van der Waals surface area contributed by atoms with Crippen LogP contribution >= 0.6 is 11.8 Å². The van der Waals surface area contributed by atoms with Crippen molar-refractivity contribution >= 4 is 17.7 Å². The van der Waals surface area contributed by atoms with Crippen LogP contribution in [0.3, 0.4) is 0 Å². The Bertz CT molecular complexity index is 319. The van der Waals surface area contributed by atoms with Crippen LogP contribution < -0.4 is 0 Å². The number of carbonyl (C=O) groups is 1. The molecule has 0 saturated carbocycles. The number of hydrogen-bond donors (Lipinski definition) is 0. The van der Waals surface area contributed by atoms with Crippen LogP contribution in [0.25, 0.3) is 0 Å². The van der Waals surface area contributed by atoms with Crippen LogP contribution in [0.4, 0.5) is 0 Å². The van der Waals surface area contributed by atoms with Crippen molar-refractivity contribution in [1.29, 1.82) is 5.26 Å². The zero-order valence-electron chi connectivity index (χ0n) is 10.2. The van der Waals surface area contributed by atoms with Crippen LogP contribution in [-0.4, -0.2) is 40.9 Å². The number of thiocyanates is 1. The third kappa shape index (κ3) is 2.50. The molecule has 2 atom stereocenters. The third-order valence-corrected chi connectivity index (χ3v) is 3.42. The zero-order valence-corrected chi connectivity index (χ0v) is 11.1. The summed E-state index contributed by atoms with van der Waals surface area (Å²) in [6.45, 7) is 9.05. The van der Waals surface area contributed by atoms with E-state index in [4.69, 9.17) is 10.00 Å². The Kier molecular flexibility index (Phi) is 3.87. The molecule has 0 bridgehead atoms. The summed E-state index contributed by atoms with van der Waals surface area (Å²) in [5.41, 5.74) is -0.641. The van der Waals surface area contributed by atoms with Crippen LogP contribution in [0.1, 0.15) is 27.7 Å². The maximum atomic E-state index is 11.9. The molecule has 0 aromatic heterocycles. The van der Waals surface area contributed by atoms with Crippen molar-refractivity contribution < 1.29 is 9.53 Å². The molecule has 2 unspecified atom stereocenters. The topological polar surface area (TPSA) is 53.1 Å². The molecular weight excluding hydrogens is 224 g/mol. The minimum Gasteiger partial charge on any atom is -0.465 e. The molecule has 0 aromatic rings. The molecular formula is C11H18N2O2S. The van der Waals surface area contributed by atoms with Crippen molar-refractivity contribution in [1.82, 2.24) is 4.90 Å². The molecule has 4 nitrogen and oxygen atoms in total. The van der Waals surface area contributed by atoms with Gasteiger partial charge in [-0.05, 0) is 39.5 Å². The van der Waals surface area contributed by atoms with E-state index in [2.05, 4.69) is 25.7 Å². The number of ether oxygens (including phenoxy) is 1. The van der Waals surface area contributed by atoms with E-state index in [-0.39, 0.29) is 11.5 Å². The van der Waals surface area contributed by atoms with Crippen LogP contribution in [0.2, 0.25) is 0 Å². The number of nitriles is 1. The summed E-state index contributed by atoms with van der Waals surface area (Å²) >= 11 is 1.11. The first-order valence-electron chi connectivity index (χ1n) is 5.34. The molecule has 1 rings (SSSR count). The third-order valence-electron chi connectivity index (χ3n) is 2.67. The maximum Gasteiger partial charge on any atom is 0.328 e. The van der Waals surface area contributed by atoms with Gasteiger partial charge in [0.15, 0.2) is 0 Å². The van der Waals surface area contributed by atoms with Crippen molar-refractivity contribution in [2.75, 3.05) is 18.9 Å². The van der Waals surface area contributed by atoms with E-state index >= 15 is 0 Å². The van der Waals surface area contributed by atoms with Gasteiger partial charge < -0.3 is 4.74 Å². The van der Waals surface area contributed by atoms with E-state index in [9.17, 15) is 4.79 Å². The average molecular weight is 242 g/mol. The molecule has 0 aliphatic carbocycles. The van der Waals surface area contributed by atoms with Gasteiger partial charge >= 0.3 is 5.97 Å². The van der Waals surface area contributed by atoms with Crippen molar-refractivity contribution in [3.8, 4) is 5.40 Å². The van der Waals surface area contributed by atoms with Gasteiger partial charge in [-0.15, -0.1) is 0 Å². The molecule has 16 heavy (non-hydrogen) atoms. The first kappa shape index (κ1) is 13.3. The molecule has 1 aliphatic heterocycles. The van der Waals surface area contributed by atoms with Gasteiger partial charge in [-0.2, -0.15) is 5.26 Å². The van der Waals surface area contributed by atoms with Gasteiger partial charge in [-0.25, -0.2) is 4.79 Å². The summed E-state index contributed by atoms with van der Waals surface area (Å²) in [6.07, 6.45) is 0. The van der Waals surface area contributed by atoms with Gasteiger partial charge in [0.05, 0.1) is 6.61 Å². The Hall–Kier alpha value is -0.730. The quantitative estimate of drug-likeness (QED) is 0.426. The van der Waals surface area contributed by atoms with Gasteiger partial charge in [-0.1, -0.05) is 0 Å². The molecule has 0 spiro atoms. The molecule has 0 radical (unpaired) electrons. The summed E-state index contributed by atoms with van der Waals surface area (Å²) in [5, 5.41) is 10.6. The first-order valence-corrected chi connectivity index (χ1v) is 6.33. The fourth-order valence-corrected chi connectivity index (χ4v) is 2.55. The van der Waals surface area contributed by atoms with Crippen LogP contribution in [0.5, 0.6) is 0 Å². The predicted molar refractivity (Wildman–Crippen MR) is 63.9 cm³/mol. The van der Waals surface area contributed by atoms with E-state index in [1.807, 2.05) is 5.40 Å². The SMILES string of the molecule is CCOC(=O)C1(CSC#N)CN1C(C)(C)C. The lowest BCUT2D eigenvalue weighted by molar-refractivity contribution is -0.147. The highest BCUT2D eigenvalue weighted by Crippen LogP contribution is 2.42. The Morgan fingerprint density at radius 3 is 2.62 bits per heavy atom. The van der Waals surface area contributed by atoms with Gasteiger partial charge in [0.25, 0.3) is 0 Å². The number of nitrogens with zero attached hydrogens (tertiary/aromatic N) is 2. The molecule has 0 aromatic carbocycles. The Morgan fingerprint density at radius 2 is 2.25 bits per heavy atom. The first-order chi connectivity index (χ1) is 7.38. The number of thioether (sulfide) groups is 1. The highest BCUT2D eigenvalue weighted by atomic mass is 32.2. The zero-order chi connectivity index (χ0) is 12.4. The molecule has 0 N–H and O–H groups in total. The Labute approximate surface area is 101 Å². The Balaban J connectivity index is 2.75. The van der Waals surface area contributed by atoms with E-state index in [0.717, 1.165) is 11.8 Å². The minimum absolute atomic E-state index is 0.0667. The van der Waals surface area contributed by atoms with Gasteiger partial charge in [0, 0.05) is 17.8 Å². The number of esters is 1. The van der Waals surface area contributed by atoms with E-state index in [0.29, 0.717) is 18.9 Å². The lowest BCUT2D eigenvalue weighted by atomic mass is 10.1. The average Bonchev–Trinajstić information content (AvgIpc) is 2.91. The largest absolute Gasteiger partial charge is 0.465 e. The van der Waals surface area contributed by atoms with Crippen molar-refractivity contribution in [2.24, 2.45) is 0 Å². The molecule has 1 heterocycles. The van der Waals surface area contributed by atoms with Crippen LogP contribution in [0, 0.1) is 10.7 Å². The second kappa shape index (κ2) is 4.64. The van der Waals surface area contributed by atoms with E-state index in [1.165, 1.54) is 0 Å². The van der Waals surface area contributed by atoms with Gasteiger partial charge in [0.1, 0.15) is 10.9 Å². The molecule has 1 fully saturated rings. The van der Waals surface area contributed by atoms with Crippen LogP contribution in [-0.2, 0) is 9.53 Å². The summed E-state index contributed by atoms with van der Waals surface area (Å²) in [4.78, 5) is 14.0. The molecule has 90 valence electrons. The van der Waals surface area contributed by atoms with Gasteiger partial charge in [0.2, 0.25) is 0 Å². The highest BCUT2D eigenvalue weighted by Gasteiger charge is 2.63. The standard InChI is InChI=1S/C11H18N2O2S/c1-5-15-9(14)11(7-16-8-12)6-13(11)10(2,3)4/h5-7H2,1-4H3. The van der Waals surface area contributed by atoms with Crippen molar-refractivity contribution in [3.05, 3.63) is 0 Å². The second-order valence-electron chi connectivity index (χ2n) is 4.89. The summed E-state index contributed by atoms with van der Waals surface area (Å²) in [6, 6.07) is 0. The Morgan fingerprint density at radius 1 is 1.62 bits per heavy atom. The van der Waals surface area contributed by atoms with E-state index < -0.39 is 5.54 Å². The second-order valence-corrected chi connectivity index (χ2v) is 5.65. The summed E-state index contributed by atoms with van der Waals surface area (Å²) in [5.74, 6) is 0.284. The highest BCUT2D eigenvalue weighted by molar-refractivity contribution is 8.03. The van der Waals surface area contributed by atoms with Crippen molar-refractivity contribution in [2.45, 2.75) is 38.8 Å². The minimum atomic E-state index is -0.575. The normalized spacial score (nSPS) is 28.3. The fraction of sp³-hybridized carbons (Fsp3) is 0.818. The fourth-order valence-electron chi connectivity index (χ4n) is 1.88. The predicted octanol–water partition coefficient (Wildman–Crippen LogP) is 1.62. The van der Waals surface area contributed by atoms with Gasteiger partial charge in [-0.3, -0.25) is 4.90 Å². The summed E-state index contributed by atoms with van der Waals surface area (Å²) in [7, 11) is 0. The van der Waals surface area contributed by atoms with Crippen LogP contribution in [0.15, 0.2) is 0 Å². The monoisotopic (exact) mass is 242 g/mol. The number of hydrogen-bond acceptors (Lipinski definition) is 5. The molecule has 5 heteroatoms. The molecule has 1 saturated heterocycles. The summed E-state index contributed by atoms with van der Waals surface area (Å²) < 4.78 is 5.09. The smallest absolute Gasteiger partial charge is 0.328 e. The lowest BCUT2D eigenvalue weighted by Crippen LogP contribution is -2.40.